The van der Waals surface area contributed by atoms with Crippen LogP contribution >= 0.6 is 15.9 Å². The highest BCUT2D eigenvalue weighted by Crippen LogP contribution is 2.53. The monoisotopic (exact) mass is 537 g/mol. The summed E-state index contributed by atoms with van der Waals surface area (Å²) in [5.41, 5.74) is 5.31. The van der Waals surface area contributed by atoms with Gasteiger partial charge in [-0.25, -0.2) is 4.79 Å². The van der Waals surface area contributed by atoms with Gasteiger partial charge < -0.3 is 4.74 Å². The van der Waals surface area contributed by atoms with Crippen molar-refractivity contribution in [3.8, 4) is 0 Å². The number of fused-ring (bicyclic) bond motifs is 5. The summed E-state index contributed by atoms with van der Waals surface area (Å²) < 4.78 is 5.79. The number of carbonyl (C=O) groups excluding carboxylic acids is 5. The SMILES string of the molecule is O=C(COC(=O)c1ccc(N2C(=O)[C@@H]3[C@@H](C2=O)[C@H]2C=C[C@H]3C2)cc1)NNC(=O)c1ccc(Br)cc1. The Morgan fingerprint density at radius 3 is 2.03 bits per heavy atom. The van der Waals surface area contributed by atoms with Crippen LogP contribution in [0.2, 0.25) is 0 Å². The summed E-state index contributed by atoms with van der Waals surface area (Å²) in [6, 6.07) is 12.4. The van der Waals surface area contributed by atoms with Crippen molar-refractivity contribution >= 4 is 51.2 Å². The van der Waals surface area contributed by atoms with Crippen LogP contribution in [0, 0.1) is 23.7 Å². The Morgan fingerprint density at radius 1 is 0.857 bits per heavy atom. The van der Waals surface area contributed by atoms with Crippen LogP contribution < -0.4 is 15.8 Å². The molecule has 4 atom stereocenters. The second-order valence-corrected chi connectivity index (χ2v) is 9.56. The fourth-order valence-corrected chi connectivity index (χ4v) is 5.22. The van der Waals surface area contributed by atoms with Crippen LogP contribution in [0.3, 0.4) is 0 Å². The number of hydrazine groups is 1. The number of imide groups is 1. The Balaban J connectivity index is 1.13. The maximum absolute atomic E-state index is 12.9. The van der Waals surface area contributed by atoms with Gasteiger partial charge in [-0.15, -0.1) is 0 Å². The zero-order chi connectivity index (χ0) is 24.7. The molecule has 2 N–H and O–H groups in total. The van der Waals surface area contributed by atoms with Gasteiger partial charge in [0.25, 0.3) is 11.8 Å². The number of halogens is 1. The maximum atomic E-state index is 12.9. The van der Waals surface area contributed by atoms with E-state index in [0.29, 0.717) is 11.3 Å². The van der Waals surface area contributed by atoms with Gasteiger partial charge >= 0.3 is 5.97 Å². The topological polar surface area (TPSA) is 122 Å². The molecule has 0 spiro atoms. The molecule has 10 heteroatoms. The zero-order valence-corrected chi connectivity index (χ0v) is 19.9. The van der Waals surface area contributed by atoms with Gasteiger partial charge in [-0.1, -0.05) is 28.1 Å². The van der Waals surface area contributed by atoms with Crippen molar-refractivity contribution in [1.29, 1.82) is 0 Å². The predicted octanol–water partition coefficient (Wildman–Crippen LogP) is 2.38. The number of benzene rings is 2. The van der Waals surface area contributed by atoms with Crippen LogP contribution in [0.5, 0.6) is 0 Å². The van der Waals surface area contributed by atoms with Crippen LogP contribution in [0.1, 0.15) is 27.1 Å². The molecule has 2 aliphatic carbocycles. The number of esters is 1. The molecule has 1 aliphatic heterocycles. The lowest BCUT2D eigenvalue weighted by Gasteiger charge is -2.17. The number of nitrogens with one attached hydrogen (secondary N) is 2. The predicted molar refractivity (Wildman–Crippen MR) is 127 cm³/mol. The number of nitrogens with zero attached hydrogens (tertiary/aromatic N) is 1. The van der Waals surface area contributed by atoms with Crippen LogP contribution in [0.25, 0.3) is 0 Å². The smallest absolute Gasteiger partial charge is 0.338 e. The van der Waals surface area contributed by atoms with Gasteiger partial charge in [-0.3, -0.25) is 34.9 Å². The van der Waals surface area contributed by atoms with Gasteiger partial charge in [-0.05, 0) is 66.8 Å². The van der Waals surface area contributed by atoms with E-state index in [1.54, 1.807) is 24.3 Å². The molecule has 0 radical (unpaired) electrons. The van der Waals surface area contributed by atoms with Gasteiger partial charge in [0.1, 0.15) is 0 Å². The molecule has 0 unspecified atom stereocenters. The average Bonchev–Trinajstić information content (AvgIpc) is 3.55. The first-order chi connectivity index (χ1) is 16.8. The molecule has 5 rings (SSSR count). The third-order valence-corrected chi connectivity index (χ3v) is 7.12. The number of ether oxygens (including phenoxy) is 1. The van der Waals surface area contributed by atoms with Crippen molar-refractivity contribution in [1.82, 2.24) is 10.9 Å². The highest BCUT2D eigenvalue weighted by molar-refractivity contribution is 9.10. The molecule has 0 aromatic heterocycles. The molecule has 178 valence electrons. The van der Waals surface area contributed by atoms with Crippen LogP contribution in [-0.4, -0.2) is 36.2 Å². The molecule has 1 saturated carbocycles. The summed E-state index contributed by atoms with van der Waals surface area (Å²) >= 11 is 3.27. The van der Waals surface area contributed by atoms with E-state index in [1.165, 1.54) is 29.2 Å². The lowest BCUT2D eigenvalue weighted by Crippen LogP contribution is -2.43. The Hall–Kier alpha value is -3.79. The Kier molecular flexibility index (Phi) is 5.98. The van der Waals surface area contributed by atoms with Crippen molar-refractivity contribution in [3.63, 3.8) is 0 Å². The lowest BCUT2D eigenvalue weighted by molar-refractivity contribution is -0.125. The number of anilines is 1. The van der Waals surface area contributed by atoms with E-state index in [-0.39, 0.29) is 41.0 Å². The number of carbonyl (C=O) groups is 5. The normalized spacial score (nSPS) is 23.9. The largest absolute Gasteiger partial charge is 0.452 e. The molecular weight excluding hydrogens is 518 g/mol. The second-order valence-electron chi connectivity index (χ2n) is 8.64. The van der Waals surface area contributed by atoms with Crippen LogP contribution in [0.15, 0.2) is 65.2 Å². The minimum absolute atomic E-state index is 0.117. The molecular formula is C25H20BrN3O6. The highest BCUT2D eigenvalue weighted by Gasteiger charge is 2.59. The molecule has 2 aromatic carbocycles. The van der Waals surface area contributed by atoms with Crippen molar-refractivity contribution < 1.29 is 28.7 Å². The average molecular weight is 538 g/mol. The van der Waals surface area contributed by atoms with E-state index in [0.717, 1.165) is 10.9 Å². The summed E-state index contributed by atoms with van der Waals surface area (Å²) in [5.74, 6) is -2.77. The Bertz CT molecular complexity index is 1230. The molecule has 2 bridgehead atoms. The number of allylic oxidation sites excluding steroid dienone is 2. The summed E-state index contributed by atoms with van der Waals surface area (Å²) in [6.07, 6.45) is 4.91. The quantitative estimate of drug-likeness (QED) is 0.261. The highest BCUT2D eigenvalue weighted by atomic mass is 79.9. The van der Waals surface area contributed by atoms with E-state index in [4.69, 9.17) is 4.74 Å². The first kappa shape index (κ1) is 23.0. The van der Waals surface area contributed by atoms with Crippen LogP contribution in [-0.2, 0) is 19.1 Å². The van der Waals surface area contributed by atoms with E-state index in [2.05, 4.69) is 26.8 Å². The molecule has 4 amide bonds. The Labute approximate surface area is 208 Å². The van der Waals surface area contributed by atoms with Gasteiger partial charge in [0.2, 0.25) is 11.8 Å². The zero-order valence-electron chi connectivity index (χ0n) is 18.3. The first-order valence-electron chi connectivity index (χ1n) is 11.0. The van der Waals surface area contributed by atoms with Gasteiger partial charge in [0, 0.05) is 10.0 Å². The maximum Gasteiger partial charge on any atom is 0.338 e. The summed E-state index contributed by atoms with van der Waals surface area (Å²) in [7, 11) is 0. The van der Waals surface area contributed by atoms with Crippen molar-refractivity contribution in [3.05, 3.63) is 76.3 Å². The van der Waals surface area contributed by atoms with Crippen molar-refractivity contribution in [2.75, 3.05) is 11.5 Å². The second kappa shape index (κ2) is 9.10. The van der Waals surface area contributed by atoms with E-state index in [9.17, 15) is 24.0 Å². The molecule has 1 heterocycles. The third kappa shape index (κ3) is 4.25. The van der Waals surface area contributed by atoms with Gasteiger partial charge in [0.05, 0.1) is 23.1 Å². The Morgan fingerprint density at radius 2 is 1.43 bits per heavy atom. The number of hydrogen-bond acceptors (Lipinski definition) is 6. The third-order valence-electron chi connectivity index (χ3n) is 6.59. The summed E-state index contributed by atoms with van der Waals surface area (Å²) in [6.45, 7) is -0.608. The van der Waals surface area contributed by atoms with Crippen molar-refractivity contribution in [2.45, 2.75) is 6.42 Å². The molecule has 35 heavy (non-hydrogen) atoms. The molecule has 9 nitrogen and oxygen atoms in total. The fourth-order valence-electron chi connectivity index (χ4n) is 4.95. The fraction of sp³-hybridized carbons (Fsp3) is 0.240. The number of hydrogen-bond donors (Lipinski definition) is 2. The first-order valence-corrected chi connectivity index (χ1v) is 11.8. The molecule has 2 aromatic rings. The number of amides is 4. The van der Waals surface area contributed by atoms with E-state index < -0.39 is 24.4 Å². The minimum Gasteiger partial charge on any atom is -0.452 e. The van der Waals surface area contributed by atoms with Crippen LogP contribution in [0.4, 0.5) is 5.69 Å². The lowest BCUT2D eigenvalue weighted by atomic mass is 9.85. The van der Waals surface area contributed by atoms with E-state index >= 15 is 0 Å². The summed E-state index contributed by atoms with van der Waals surface area (Å²) in [4.78, 5) is 63.2. The summed E-state index contributed by atoms with van der Waals surface area (Å²) in [5, 5.41) is 0. The van der Waals surface area contributed by atoms with Crippen molar-refractivity contribution in [2.24, 2.45) is 23.7 Å². The molecule has 2 fully saturated rings. The van der Waals surface area contributed by atoms with Gasteiger partial charge in [0.15, 0.2) is 6.61 Å². The number of rotatable bonds is 5. The molecule has 1 saturated heterocycles. The standard InChI is InChI=1S/C25H20BrN3O6/c26-17-7-3-13(4-8-17)22(31)28-27-19(30)12-35-25(34)14-5-9-18(10-6-14)29-23(32)20-15-1-2-16(11-15)21(20)24(29)33/h1-10,15-16,20-21H,11-12H2,(H,27,30)(H,28,31)/t15-,16-,20-,21-/m0/s1. The molecule has 3 aliphatic rings. The minimum atomic E-state index is -0.760. The van der Waals surface area contributed by atoms with Gasteiger partial charge in [-0.2, -0.15) is 0 Å². The van der Waals surface area contributed by atoms with E-state index in [1.807, 2.05) is 12.2 Å².